The maximum absolute atomic E-state index is 12.5. The number of carboxylic acids is 1. The Morgan fingerprint density at radius 2 is 2.21 bits per heavy atom. The number of hydrogen-bond donors (Lipinski definition) is 1. The van der Waals surface area contributed by atoms with Crippen molar-refractivity contribution >= 4 is 12.0 Å². The molecule has 2 aliphatic rings. The Labute approximate surface area is 113 Å². The van der Waals surface area contributed by atoms with Crippen molar-refractivity contribution in [1.82, 2.24) is 9.80 Å². The summed E-state index contributed by atoms with van der Waals surface area (Å²) >= 11 is 0. The molecule has 2 atom stereocenters. The average Bonchev–Trinajstić information content (AvgIpc) is 2.85. The highest BCUT2D eigenvalue weighted by molar-refractivity contribution is 5.80. The average molecular weight is 270 g/mol. The highest BCUT2D eigenvalue weighted by Gasteiger charge is 2.39. The maximum Gasteiger partial charge on any atom is 0.323 e. The standard InChI is InChI=1S/C13H22N2O4/c1-2-6-14(9-12(16)17)13(18)15-7-8-19-11-5-3-4-10(11)15/h10-11H,2-9H2,1H3,(H,16,17). The molecule has 0 spiro atoms. The van der Waals surface area contributed by atoms with Crippen LogP contribution in [0, 0.1) is 0 Å². The molecule has 2 rings (SSSR count). The van der Waals surface area contributed by atoms with E-state index in [-0.39, 0.29) is 24.7 Å². The minimum atomic E-state index is -0.960. The van der Waals surface area contributed by atoms with E-state index in [4.69, 9.17) is 9.84 Å². The maximum atomic E-state index is 12.5. The number of aliphatic carboxylic acids is 1. The second-order valence-electron chi connectivity index (χ2n) is 5.20. The van der Waals surface area contributed by atoms with Crippen LogP contribution >= 0.6 is 0 Å². The minimum Gasteiger partial charge on any atom is -0.480 e. The third-order valence-corrected chi connectivity index (χ3v) is 3.82. The Bertz CT molecular complexity index is 348. The molecular formula is C13H22N2O4. The Kier molecular flexibility index (Phi) is 4.63. The summed E-state index contributed by atoms with van der Waals surface area (Å²) in [5.74, 6) is -0.960. The van der Waals surface area contributed by atoms with E-state index in [1.165, 1.54) is 4.90 Å². The molecule has 1 N–H and O–H groups in total. The van der Waals surface area contributed by atoms with Crippen molar-refractivity contribution in [3.8, 4) is 0 Å². The van der Waals surface area contributed by atoms with Crippen LogP contribution in [-0.2, 0) is 9.53 Å². The lowest BCUT2D eigenvalue weighted by Crippen LogP contribution is -2.56. The van der Waals surface area contributed by atoms with Crippen LogP contribution in [0.1, 0.15) is 32.6 Å². The molecule has 0 aromatic carbocycles. The van der Waals surface area contributed by atoms with E-state index in [2.05, 4.69) is 0 Å². The van der Waals surface area contributed by atoms with Gasteiger partial charge in [0.1, 0.15) is 6.54 Å². The van der Waals surface area contributed by atoms with E-state index in [9.17, 15) is 9.59 Å². The second-order valence-corrected chi connectivity index (χ2v) is 5.20. The second kappa shape index (κ2) is 6.23. The molecule has 0 aromatic heterocycles. The first kappa shape index (κ1) is 14.1. The summed E-state index contributed by atoms with van der Waals surface area (Å²) in [4.78, 5) is 26.6. The van der Waals surface area contributed by atoms with Crippen LogP contribution in [0.3, 0.4) is 0 Å². The van der Waals surface area contributed by atoms with Gasteiger partial charge in [-0.25, -0.2) is 4.79 Å². The van der Waals surface area contributed by atoms with Crippen LogP contribution in [0.25, 0.3) is 0 Å². The number of morpholine rings is 1. The molecule has 6 heteroatoms. The molecule has 19 heavy (non-hydrogen) atoms. The fraction of sp³-hybridized carbons (Fsp3) is 0.846. The van der Waals surface area contributed by atoms with E-state index < -0.39 is 5.97 Å². The molecule has 1 heterocycles. The third kappa shape index (κ3) is 3.18. The molecule has 1 aliphatic carbocycles. The van der Waals surface area contributed by atoms with Crippen LogP contribution in [0.15, 0.2) is 0 Å². The molecule has 0 radical (unpaired) electrons. The summed E-state index contributed by atoms with van der Waals surface area (Å²) < 4.78 is 5.67. The Morgan fingerprint density at radius 3 is 2.89 bits per heavy atom. The number of amides is 2. The summed E-state index contributed by atoms with van der Waals surface area (Å²) in [5, 5.41) is 8.91. The van der Waals surface area contributed by atoms with Crippen LogP contribution in [0.5, 0.6) is 0 Å². The number of ether oxygens (including phenoxy) is 1. The highest BCUT2D eigenvalue weighted by Crippen LogP contribution is 2.30. The zero-order valence-electron chi connectivity index (χ0n) is 11.4. The van der Waals surface area contributed by atoms with E-state index in [0.29, 0.717) is 19.7 Å². The van der Waals surface area contributed by atoms with E-state index in [1.807, 2.05) is 11.8 Å². The van der Waals surface area contributed by atoms with Crippen LogP contribution in [0.2, 0.25) is 0 Å². The lowest BCUT2D eigenvalue weighted by molar-refractivity contribution is -0.138. The molecule has 1 saturated carbocycles. The molecule has 0 aromatic rings. The fourth-order valence-electron chi connectivity index (χ4n) is 3.02. The molecule has 2 amide bonds. The van der Waals surface area contributed by atoms with Gasteiger partial charge in [-0.3, -0.25) is 4.79 Å². The van der Waals surface area contributed by atoms with Crippen LogP contribution in [0.4, 0.5) is 4.79 Å². The molecule has 2 unspecified atom stereocenters. The van der Waals surface area contributed by atoms with Gasteiger partial charge in [0.25, 0.3) is 0 Å². The highest BCUT2D eigenvalue weighted by atomic mass is 16.5. The topological polar surface area (TPSA) is 70.1 Å². The van der Waals surface area contributed by atoms with Crippen LogP contribution in [-0.4, -0.2) is 65.3 Å². The molecule has 1 aliphatic heterocycles. The van der Waals surface area contributed by atoms with Gasteiger partial charge in [0, 0.05) is 13.1 Å². The Balaban J connectivity index is 2.04. The molecular weight excluding hydrogens is 248 g/mol. The van der Waals surface area contributed by atoms with Gasteiger partial charge in [0.15, 0.2) is 0 Å². The monoisotopic (exact) mass is 270 g/mol. The predicted octanol–water partition coefficient (Wildman–Crippen LogP) is 1.16. The van der Waals surface area contributed by atoms with E-state index in [1.54, 1.807) is 0 Å². The number of hydrogen-bond acceptors (Lipinski definition) is 3. The molecule has 6 nitrogen and oxygen atoms in total. The SMILES string of the molecule is CCCN(CC(=O)O)C(=O)N1CCOC2CCCC21. The fourth-order valence-corrected chi connectivity index (χ4v) is 3.02. The van der Waals surface area contributed by atoms with Crippen LogP contribution < -0.4 is 0 Å². The first-order valence-electron chi connectivity index (χ1n) is 7.02. The molecule has 108 valence electrons. The predicted molar refractivity (Wildman–Crippen MR) is 69.0 cm³/mol. The number of urea groups is 1. The zero-order chi connectivity index (χ0) is 13.8. The van der Waals surface area contributed by atoms with Crippen molar-refractivity contribution in [2.75, 3.05) is 26.2 Å². The Morgan fingerprint density at radius 1 is 1.42 bits per heavy atom. The number of carbonyl (C=O) groups is 2. The van der Waals surface area contributed by atoms with Gasteiger partial charge in [0.2, 0.25) is 0 Å². The normalized spacial score (nSPS) is 26.1. The smallest absolute Gasteiger partial charge is 0.323 e. The van der Waals surface area contributed by atoms with Gasteiger partial charge in [-0.05, 0) is 25.7 Å². The van der Waals surface area contributed by atoms with Gasteiger partial charge >= 0.3 is 12.0 Å². The molecule has 0 bridgehead atoms. The van der Waals surface area contributed by atoms with Crippen molar-refractivity contribution in [3.63, 3.8) is 0 Å². The van der Waals surface area contributed by atoms with Gasteiger partial charge in [0.05, 0.1) is 18.8 Å². The summed E-state index contributed by atoms with van der Waals surface area (Å²) in [7, 11) is 0. The van der Waals surface area contributed by atoms with Gasteiger partial charge in [-0.2, -0.15) is 0 Å². The largest absolute Gasteiger partial charge is 0.480 e. The Hall–Kier alpha value is -1.30. The first-order chi connectivity index (χ1) is 9.13. The van der Waals surface area contributed by atoms with E-state index in [0.717, 1.165) is 25.7 Å². The van der Waals surface area contributed by atoms with Crippen molar-refractivity contribution < 1.29 is 19.4 Å². The van der Waals surface area contributed by atoms with Gasteiger partial charge in [-0.1, -0.05) is 6.92 Å². The quantitative estimate of drug-likeness (QED) is 0.832. The van der Waals surface area contributed by atoms with Crippen molar-refractivity contribution in [2.45, 2.75) is 44.8 Å². The number of rotatable bonds is 4. The van der Waals surface area contributed by atoms with Gasteiger partial charge in [-0.15, -0.1) is 0 Å². The number of fused-ring (bicyclic) bond motifs is 1. The summed E-state index contributed by atoms with van der Waals surface area (Å²) in [6, 6.07) is -0.0150. The lowest BCUT2D eigenvalue weighted by Gasteiger charge is -2.40. The van der Waals surface area contributed by atoms with Crippen molar-refractivity contribution in [2.24, 2.45) is 0 Å². The lowest BCUT2D eigenvalue weighted by atomic mass is 10.1. The first-order valence-corrected chi connectivity index (χ1v) is 7.02. The zero-order valence-corrected chi connectivity index (χ0v) is 11.4. The van der Waals surface area contributed by atoms with Crippen molar-refractivity contribution in [3.05, 3.63) is 0 Å². The summed E-state index contributed by atoms with van der Waals surface area (Å²) in [6.07, 6.45) is 3.94. The molecule has 2 fully saturated rings. The number of carboxylic acid groups (broad SMARTS) is 1. The third-order valence-electron chi connectivity index (χ3n) is 3.82. The number of carbonyl (C=O) groups excluding carboxylic acids is 1. The minimum absolute atomic E-state index is 0.134. The summed E-state index contributed by atoms with van der Waals surface area (Å²) in [5.41, 5.74) is 0. The summed E-state index contributed by atoms with van der Waals surface area (Å²) in [6.45, 7) is 3.33. The van der Waals surface area contributed by atoms with Gasteiger partial charge < -0.3 is 19.6 Å². The van der Waals surface area contributed by atoms with E-state index >= 15 is 0 Å². The molecule has 1 saturated heterocycles. The van der Waals surface area contributed by atoms with Crippen molar-refractivity contribution in [1.29, 1.82) is 0 Å². The number of nitrogens with zero attached hydrogens (tertiary/aromatic N) is 2.